The fraction of sp³-hybridized carbons (Fsp3) is 0.786. The lowest BCUT2D eigenvalue weighted by molar-refractivity contribution is -0.135. The molecule has 0 unspecified atom stereocenters. The molecule has 0 spiro atoms. The number of carbonyl (C=O) groups excluding carboxylic acids is 3. The number of rotatable bonds is 6. The summed E-state index contributed by atoms with van der Waals surface area (Å²) in [6, 6.07) is 0. The van der Waals surface area contributed by atoms with Crippen molar-refractivity contribution in [3.63, 3.8) is 0 Å². The second kappa shape index (κ2) is 7.99. The molecule has 0 atom stereocenters. The molecule has 0 saturated carbocycles. The predicted octanol–water partition coefficient (Wildman–Crippen LogP) is -0.118. The summed E-state index contributed by atoms with van der Waals surface area (Å²) < 4.78 is 0. The average Bonchev–Trinajstić information content (AvgIpc) is 2.36. The molecule has 2 amide bonds. The standard InChI is InChI=1S/C14H25N3O3/c1-11(2)8-15-13(19)9-16(3)10-14(20)17-6-4-12(18)5-7-17/h11H,4-10H2,1-3H3,(H,15,19). The van der Waals surface area contributed by atoms with Gasteiger partial charge in [0.2, 0.25) is 11.8 Å². The Balaban J connectivity index is 2.27. The van der Waals surface area contributed by atoms with Crippen molar-refractivity contribution in [1.82, 2.24) is 15.1 Å². The minimum Gasteiger partial charge on any atom is -0.355 e. The number of hydrogen-bond acceptors (Lipinski definition) is 4. The number of Topliss-reactive ketones (excluding diaryl/α,β-unsaturated/α-hetero) is 1. The highest BCUT2D eigenvalue weighted by Gasteiger charge is 2.21. The van der Waals surface area contributed by atoms with Gasteiger partial charge in [-0.1, -0.05) is 13.8 Å². The highest BCUT2D eigenvalue weighted by atomic mass is 16.2. The fourth-order valence-electron chi connectivity index (χ4n) is 2.01. The smallest absolute Gasteiger partial charge is 0.236 e. The number of carbonyl (C=O) groups is 3. The Morgan fingerprint density at radius 1 is 1.25 bits per heavy atom. The summed E-state index contributed by atoms with van der Waals surface area (Å²) in [6.45, 7) is 6.15. The van der Waals surface area contributed by atoms with E-state index in [-0.39, 0.29) is 30.7 Å². The Morgan fingerprint density at radius 3 is 2.40 bits per heavy atom. The first-order chi connectivity index (χ1) is 9.38. The zero-order chi connectivity index (χ0) is 15.1. The first kappa shape index (κ1) is 16.6. The molecule has 1 fully saturated rings. The van der Waals surface area contributed by atoms with Gasteiger partial charge in [0.05, 0.1) is 13.1 Å². The Bertz CT molecular complexity index is 359. The van der Waals surface area contributed by atoms with E-state index in [1.54, 1.807) is 16.8 Å². The van der Waals surface area contributed by atoms with Crippen molar-refractivity contribution in [2.45, 2.75) is 26.7 Å². The molecule has 0 aromatic rings. The van der Waals surface area contributed by atoms with Crippen molar-refractivity contribution in [2.24, 2.45) is 5.92 Å². The molecule has 6 heteroatoms. The third-order valence-corrected chi connectivity index (χ3v) is 3.20. The minimum atomic E-state index is -0.0668. The predicted molar refractivity (Wildman–Crippen MR) is 76.2 cm³/mol. The Hall–Kier alpha value is -1.43. The highest BCUT2D eigenvalue weighted by Crippen LogP contribution is 2.06. The van der Waals surface area contributed by atoms with Gasteiger partial charge >= 0.3 is 0 Å². The summed E-state index contributed by atoms with van der Waals surface area (Å²) >= 11 is 0. The molecule has 1 heterocycles. The van der Waals surface area contributed by atoms with Crippen LogP contribution in [0.2, 0.25) is 0 Å². The number of ketones is 1. The Morgan fingerprint density at radius 2 is 1.85 bits per heavy atom. The van der Waals surface area contributed by atoms with E-state index in [1.165, 1.54) is 0 Å². The van der Waals surface area contributed by atoms with E-state index in [1.807, 2.05) is 13.8 Å². The van der Waals surface area contributed by atoms with E-state index in [9.17, 15) is 14.4 Å². The van der Waals surface area contributed by atoms with Gasteiger partial charge in [-0.25, -0.2) is 0 Å². The Labute approximate surface area is 120 Å². The third-order valence-electron chi connectivity index (χ3n) is 3.20. The second-order valence-electron chi connectivity index (χ2n) is 5.79. The lowest BCUT2D eigenvalue weighted by Crippen LogP contribution is -2.45. The monoisotopic (exact) mass is 283 g/mol. The molecule has 1 saturated heterocycles. The molecule has 114 valence electrons. The molecule has 0 aliphatic carbocycles. The Kier molecular flexibility index (Phi) is 6.64. The maximum Gasteiger partial charge on any atom is 0.236 e. The van der Waals surface area contributed by atoms with Gasteiger partial charge in [-0.3, -0.25) is 19.3 Å². The number of nitrogens with one attached hydrogen (secondary N) is 1. The van der Waals surface area contributed by atoms with Crippen molar-refractivity contribution in [3.05, 3.63) is 0 Å². The van der Waals surface area contributed by atoms with Crippen LogP contribution in [0, 0.1) is 5.92 Å². The van der Waals surface area contributed by atoms with Crippen LogP contribution in [0.3, 0.4) is 0 Å². The molecule has 20 heavy (non-hydrogen) atoms. The lowest BCUT2D eigenvalue weighted by atomic mass is 10.1. The van der Waals surface area contributed by atoms with Crippen LogP contribution in [0.4, 0.5) is 0 Å². The van der Waals surface area contributed by atoms with Crippen LogP contribution >= 0.6 is 0 Å². The van der Waals surface area contributed by atoms with Gasteiger partial charge in [0, 0.05) is 32.5 Å². The van der Waals surface area contributed by atoms with Crippen molar-refractivity contribution < 1.29 is 14.4 Å². The summed E-state index contributed by atoms with van der Waals surface area (Å²) in [7, 11) is 1.75. The van der Waals surface area contributed by atoms with E-state index in [0.29, 0.717) is 38.4 Å². The summed E-state index contributed by atoms with van der Waals surface area (Å²) in [5.41, 5.74) is 0. The van der Waals surface area contributed by atoms with Crippen LogP contribution in [-0.2, 0) is 14.4 Å². The fourth-order valence-corrected chi connectivity index (χ4v) is 2.01. The molecule has 1 aliphatic rings. The molecular weight excluding hydrogens is 258 g/mol. The van der Waals surface area contributed by atoms with Crippen molar-refractivity contribution in [1.29, 1.82) is 0 Å². The van der Waals surface area contributed by atoms with Gasteiger partial charge < -0.3 is 10.2 Å². The maximum atomic E-state index is 12.0. The van der Waals surface area contributed by atoms with Gasteiger partial charge in [-0.05, 0) is 13.0 Å². The largest absolute Gasteiger partial charge is 0.355 e. The molecule has 6 nitrogen and oxygen atoms in total. The quantitative estimate of drug-likeness (QED) is 0.738. The van der Waals surface area contributed by atoms with E-state index in [0.717, 1.165) is 0 Å². The average molecular weight is 283 g/mol. The van der Waals surface area contributed by atoms with Gasteiger partial charge in [-0.15, -0.1) is 0 Å². The zero-order valence-electron chi connectivity index (χ0n) is 12.6. The van der Waals surface area contributed by atoms with E-state index in [4.69, 9.17) is 0 Å². The van der Waals surface area contributed by atoms with Gasteiger partial charge in [0.15, 0.2) is 0 Å². The van der Waals surface area contributed by atoms with E-state index >= 15 is 0 Å². The highest BCUT2D eigenvalue weighted by molar-refractivity contribution is 5.84. The van der Waals surface area contributed by atoms with Crippen molar-refractivity contribution >= 4 is 17.6 Å². The van der Waals surface area contributed by atoms with Crippen LogP contribution in [0.25, 0.3) is 0 Å². The van der Waals surface area contributed by atoms with Crippen molar-refractivity contribution in [3.8, 4) is 0 Å². The maximum absolute atomic E-state index is 12.0. The number of likely N-dealkylation sites (N-methyl/N-ethyl adjacent to an activating group) is 1. The van der Waals surface area contributed by atoms with Crippen LogP contribution in [-0.4, -0.2) is 67.2 Å². The summed E-state index contributed by atoms with van der Waals surface area (Å²) in [4.78, 5) is 38.2. The van der Waals surface area contributed by atoms with Crippen molar-refractivity contribution in [2.75, 3.05) is 39.8 Å². The normalized spacial score (nSPS) is 15.8. The van der Waals surface area contributed by atoms with Gasteiger partial charge in [-0.2, -0.15) is 0 Å². The summed E-state index contributed by atoms with van der Waals surface area (Å²) in [5.74, 6) is 0.548. The molecule has 0 bridgehead atoms. The lowest BCUT2D eigenvalue weighted by Gasteiger charge is -2.28. The molecular formula is C14H25N3O3. The third kappa shape index (κ3) is 6.14. The molecule has 0 radical (unpaired) electrons. The molecule has 0 aromatic heterocycles. The summed E-state index contributed by atoms with van der Waals surface area (Å²) in [6.07, 6.45) is 0.897. The molecule has 1 rings (SSSR count). The first-order valence-corrected chi connectivity index (χ1v) is 7.13. The van der Waals surface area contributed by atoms with E-state index in [2.05, 4.69) is 5.32 Å². The van der Waals surface area contributed by atoms with Crippen LogP contribution in [0.15, 0.2) is 0 Å². The van der Waals surface area contributed by atoms with Crippen LogP contribution in [0.5, 0.6) is 0 Å². The first-order valence-electron chi connectivity index (χ1n) is 7.13. The van der Waals surface area contributed by atoms with Gasteiger partial charge in [0.25, 0.3) is 0 Å². The number of nitrogens with zero attached hydrogens (tertiary/aromatic N) is 2. The second-order valence-corrected chi connectivity index (χ2v) is 5.79. The molecule has 1 N–H and O–H groups in total. The number of likely N-dealkylation sites (tertiary alicyclic amines) is 1. The number of piperidine rings is 1. The molecule has 1 aliphatic heterocycles. The topological polar surface area (TPSA) is 69.7 Å². The van der Waals surface area contributed by atoms with Gasteiger partial charge in [0.1, 0.15) is 5.78 Å². The SMILES string of the molecule is CC(C)CNC(=O)CN(C)CC(=O)N1CCC(=O)CC1. The summed E-state index contributed by atoms with van der Waals surface area (Å²) in [5, 5.41) is 2.82. The number of hydrogen-bond donors (Lipinski definition) is 1. The van der Waals surface area contributed by atoms with Crippen LogP contribution < -0.4 is 5.32 Å². The molecule has 0 aromatic carbocycles. The van der Waals surface area contributed by atoms with E-state index < -0.39 is 0 Å². The number of amides is 2. The van der Waals surface area contributed by atoms with Crippen LogP contribution in [0.1, 0.15) is 26.7 Å². The zero-order valence-corrected chi connectivity index (χ0v) is 12.6. The minimum absolute atomic E-state index is 0.0170.